The van der Waals surface area contributed by atoms with Gasteiger partial charge in [-0.05, 0) is 33.1 Å². The van der Waals surface area contributed by atoms with Crippen LogP contribution in [0.4, 0.5) is 4.79 Å². The molecule has 0 aromatic heterocycles. The number of hydrogen-bond donors (Lipinski definition) is 2. The number of amides is 2. The average Bonchev–Trinajstić information content (AvgIpc) is 2.29. The van der Waals surface area contributed by atoms with Crippen molar-refractivity contribution in [3.05, 3.63) is 0 Å². The first-order valence-corrected chi connectivity index (χ1v) is 8.35. The second-order valence-electron chi connectivity index (χ2n) is 6.05. The molecule has 0 bridgehead atoms. The van der Waals surface area contributed by atoms with Crippen molar-refractivity contribution in [2.45, 2.75) is 52.7 Å². The number of carbonyl (C=O) groups is 2. The summed E-state index contributed by atoms with van der Waals surface area (Å²) in [6.45, 7) is 5.83. The predicted octanol–water partition coefficient (Wildman–Crippen LogP) is -2.41. The van der Waals surface area contributed by atoms with Gasteiger partial charge in [-0.15, -0.1) is 0 Å². The Balaban J connectivity index is 0. The molecule has 0 heterocycles. The van der Waals surface area contributed by atoms with E-state index in [2.05, 4.69) is 5.32 Å². The van der Waals surface area contributed by atoms with Crippen molar-refractivity contribution >= 4 is 22.1 Å². The molecular weight excluding hydrogens is 337 g/mol. The van der Waals surface area contributed by atoms with Gasteiger partial charge in [-0.1, -0.05) is 13.8 Å². The molecule has 0 aromatic rings. The average molecular weight is 364 g/mol. The Labute approximate surface area is 163 Å². The van der Waals surface area contributed by atoms with E-state index in [-0.39, 0.29) is 35.5 Å². The topological polar surface area (TPSA) is 125 Å². The maximum atomic E-state index is 12.2. The van der Waals surface area contributed by atoms with Crippen LogP contribution in [0.15, 0.2) is 0 Å². The van der Waals surface area contributed by atoms with Gasteiger partial charge in [-0.3, -0.25) is 4.79 Å². The summed E-state index contributed by atoms with van der Waals surface area (Å²) in [7, 11) is -4.60. The summed E-state index contributed by atoms with van der Waals surface area (Å²) in [6, 6.07) is -1.08. The molecule has 0 spiro atoms. The van der Waals surface area contributed by atoms with Crippen molar-refractivity contribution < 1.29 is 59.6 Å². The predicted molar refractivity (Wildman–Crippen MR) is 80.2 cm³/mol. The standard InChI is InChI=1S/C13H26N2O6S.Na/c1-9(2)10(15-12(17)21-13(3,4)5)11(16)14-7-6-8-22(18,19)20;/h9-10H,6-8H2,1-5H3,(H,14,16)(H,15,17)(H,18,19,20);/q;+1/p-1/t10-;/m0./s1/i7D2,17+2;. The van der Waals surface area contributed by atoms with Crippen LogP contribution in [0, 0.1) is 5.92 Å². The van der Waals surface area contributed by atoms with Gasteiger partial charge >= 0.3 is 35.7 Å². The SMILES string of the molecule is [2H]C([2H])(CCS(=O)(=O)[O-])NC(=O)[C@@H](NC(=[18O])OC(C)(C)C)C(C)C.[Na+]. The summed E-state index contributed by atoms with van der Waals surface area (Å²) in [4.78, 5) is 24.0. The minimum atomic E-state index is -4.60. The monoisotopic (exact) mass is 364 g/mol. The van der Waals surface area contributed by atoms with E-state index in [1.54, 1.807) is 34.6 Å². The van der Waals surface area contributed by atoms with Crippen molar-refractivity contribution in [3.8, 4) is 0 Å². The van der Waals surface area contributed by atoms with Gasteiger partial charge in [-0.2, -0.15) is 0 Å². The molecule has 0 saturated carbocycles. The van der Waals surface area contributed by atoms with Gasteiger partial charge in [0.25, 0.3) is 0 Å². The van der Waals surface area contributed by atoms with Crippen LogP contribution in [0.25, 0.3) is 0 Å². The molecule has 0 rings (SSSR count). The zero-order chi connectivity index (χ0) is 19.3. The molecule has 0 radical (unpaired) electrons. The normalized spacial score (nSPS) is 14.9. The minimum Gasteiger partial charge on any atom is -0.748 e. The van der Waals surface area contributed by atoms with E-state index in [0.29, 0.717) is 0 Å². The molecule has 0 fully saturated rings. The Kier molecular flexibility index (Phi) is 9.45. The summed E-state index contributed by atoms with van der Waals surface area (Å²) in [5.41, 5.74) is -0.765. The van der Waals surface area contributed by atoms with E-state index in [0.717, 1.165) is 0 Å². The van der Waals surface area contributed by atoms with Crippen LogP contribution in [-0.2, 0) is 19.6 Å². The van der Waals surface area contributed by atoms with Gasteiger partial charge < -0.3 is 19.9 Å². The van der Waals surface area contributed by atoms with Gasteiger partial charge in [0.2, 0.25) is 5.91 Å². The Hall–Kier alpha value is -0.350. The zero-order valence-electron chi connectivity index (χ0n) is 16.4. The van der Waals surface area contributed by atoms with Crippen LogP contribution in [0.1, 0.15) is 43.8 Å². The number of nitrogens with one attached hydrogen (secondary N) is 2. The molecule has 130 valence electrons. The molecule has 2 amide bonds. The fraction of sp³-hybridized carbons (Fsp3) is 0.846. The zero-order valence-corrected chi connectivity index (χ0v) is 17.2. The molecule has 0 aromatic carbocycles. The van der Waals surface area contributed by atoms with E-state index in [1.807, 2.05) is 5.32 Å². The molecule has 23 heavy (non-hydrogen) atoms. The Morgan fingerprint density at radius 3 is 2.30 bits per heavy atom. The molecule has 1 atom stereocenters. The number of carbonyl (C=O) groups excluding carboxylic acids is 2. The number of hydrogen-bond acceptors (Lipinski definition) is 6. The molecule has 0 aliphatic carbocycles. The summed E-state index contributed by atoms with van der Waals surface area (Å²) < 4.78 is 51.9. The van der Waals surface area contributed by atoms with Gasteiger partial charge in [0.1, 0.15) is 11.6 Å². The van der Waals surface area contributed by atoms with Crippen LogP contribution in [0.2, 0.25) is 0 Å². The third-order valence-corrected chi connectivity index (χ3v) is 3.01. The third-order valence-electron chi connectivity index (χ3n) is 2.31. The van der Waals surface area contributed by atoms with Crippen molar-refractivity contribution in [2.75, 3.05) is 12.2 Å². The van der Waals surface area contributed by atoms with Crippen molar-refractivity contribution in [3.63, 3.8) is 0 Å². The van der Waals surface area contributed by atoms with E-state index < -0.39 is 52.4 Å². The molecule has 2 N–H and O–H groups in total. The summed E-state index contributed by atoms with van der Waals surface area (Å²) >= 11 is 0. The second-order valence-corrected chi connectivity index (χ2v) is 7.57. The maximum absolute atomic E-state index is 12.2. The summed E-state index contributed by atoms with van der Waals surface area (Å²) in [6.07, 6.45) is -1.53. The van der Waals surface area contributed by atoms with Gasteiger partial charge in [0.15, 0.2) is 0 Å². The second kappa shape index (κ2) is 10.5. The minimum absolute atomic E-state index is 0. The molecule has 10 heteroatoms. The van der Waals surface area contributed by atoms with E-state index in [1.165, 1.54) is 0 Å². The van der Waals surface area contributed by atoms with Crippen molar-refractivity contribution in [1.82, 2.24) is 10.6 Å². The fourth-order valence-corrected chi connectivity index (χ4v) is 1.72. The number of alkyl carbamates (subject to hydrolysis) is 1. The first-order valence-electron chi connectivity index (χ1n) is 7.77. The molecule has 0 unspecified atom stereocenters. The molecular formula is C13H25N2NaO6S. The Morgan fingerprint density at radius 2 is 1.91 bits per heavy atom. The number of rotatable bonds is 7. The van der Waals surface area contributed by atoms with Crippen molar-refractivity contribution in [2.24, 2.45) is 5.92 Å². The van der Waals surface area contributed by atoms with Gasteiger partial charge in [0, 0.05) is 15.0 Å². The fourth-order valence-electron chi connectivity index (χ4n) is 1.37. The van der Waals surface area contributed by atoms with Crippen LogP contribution in [0.3, 0.4) is 0 Å². The van der Waals surface area contributed by atoms with E-state index in [9.17, 15) is 22.6 Å². The van der Waals surface area contributed by atoms with Crippen LogP contribution < -0.4 is 40.2 Å². The first kappa shape index (κ1) is 20.7. The van der Waals surface area contributed by atoms with Gasteiger partial charge in [0.05, 0.1) is 10.1 Å². The molecule has 0 saturated heterocycles. The van der Waals surface area contributed by atoms with Gasteiger partial charge in [-0.25, -0.2) is 13.2 Å². The summed E-state index contributed by atoms with van der Waals surface area (Å²) in [5.74, 6) is -2.17. The third kappa shape index (κ3) is 13.8. The quantitative estimate of drug-likeness (QED) is 0.295. The summed E-state index contributed by atoms with van der Waals surface area (Å²) in [5, 5.41) is 4.35. The van der Waals surface area contributed by atoms with Crippen LogP contribution >= 0.6 is 0 Å². The van der Waals surface area contributed by atoms with E-state index in [4.69, 9.17) is 7.48 Å². The first-order chi connectivity index (χ1) is 10.5. The molecule has 0 aliphatic rings. The molecule has 0 aliphatic heterocycles. The van der Waals surface area contributed by atoms with Crippen LogP contribution in [-0.4, -0.2) is 48.9 Å². The van der Waals surface area contributed by atoms with Crippen LogP contribution in [0.5, 0.6) is 0 Å². The Bertz CT molecular complexity index is 563. The largest absolute Gasteiger partial charge is 1.00 e. The number of ether oxygens (including phenoxy) is 1. The molecule has 8 nitrogen and oxygen atoms in total. The smallest absolute Gasteiger partial charge is 0.748 e. The van der Waals surface area contributed by atoms with E-state index >= 15 is 0 Å². The Morgan fingerprint density at radius 1 is 1.39 bits per heavy atom. The maximum Gasteiger partial charge on any atom is 1.00 e. The van der Waals surface area contributed by atoms with Crippen molar-refractivity contribution in [1.29, 1.82) is 0 Å².